The van der Waals surface area contributed by atoms with Gasteiger partial charge in [0, 0.05) is 6.07 Å². The molecule has 0 aliphatic rings. The van der Waals surface area contributed by atoms with Gasteiger partial charge in [0.05, 0.1) is 7.11 Å². The fourth-order valence-electron chi connectivity index (χ4n) is 3.67. The summed E-state index contributed by atoms with van der Waals surface area (Å²) >= 11 is 0. The molecule has 0 N–H and O–H groups in total. The van der Waals surface area contributed by atoms with Gasteiger partial charge in [-0.05, 0) is 48.5 Å². The maximum Gasteiger partial charge on any atom is 0.144 e. The van der Waals surface area contributed by atoms with Crippen LogP contribution < -0.4 is 38.4 Å². The van der Waals surface area contributed by atoms with Crippen molar-refractivity contribution >= 4 is 28.5 Å². The van der Waals surface area contributed by atoms with Gasteiger partial charge >= 0.3 is 0 Å². The van der Waals surface area contributed by atoms with Crippen LogP contribution in [0.4, 0.5) is 0 Å². The Bertz CT molecular complexity index is 907. The van der Waals surface area contributed by atoms with Crippen LogP contribution in [0.3, 0.4) is 0 Å². The molecule has 0 aliphatic heterocycles. The zero-order valence-electron chi connectivity index (χ0n) is 15.7. The summed E-state index contributed by atoms with van der Waals surface area (Å²) in [5.41, 5.74) is 0. The predicted molar refractivity (Wildman–Crippen MR) is 118 cm³/mol. The summed E-state index contributed by atoms with van der Waals surface area (Å²) in [6.45, 7) is 0. The summed E-state index contributed by atoms with van der Waals surface area (Å²) in [6, 6.07) is 41.1. The van der Waals surface area contributed by atoms with Crippen LogP contribution in [0.25, 0.3) is 0 Å². The van der Waals surface area contributed by atoms with Gasteiger partial charge in [-0.25, -0.2) is 0 Å². The van der Waals surface area contributed by atoms with Crippen LogP contribution in [0.1, 0.15) is 0 Å². The summed E-state index contributed by atoms with van der Waals surface area (Å²) in [7, 11) is -0.297. The normalized spacial score (nSPS) is 10.8. The lowest BCUT2D eigenvalue weighted by atomic mass is 10.3. The van der Waals surface area contributed by atoms with Crippen molar-refractivity contribution in [2.75, 3.05) is 7.11 Å². The SMILES string of the molecule is COc1cccc([P+](c2ccccc2)(c2ccccc2)c2ccccc2)c1.[Cl-]. The molecule has 1 nitrogen and oxygen atoms in total. The molecule has 0 aromatic heterocycles. The van der Waals surface area contributed by atoms with Crippen LogP contribution >= 0.6 is 7.26 Å². The second kappa shape index (κ2) is 9.06. The Labute approximate surface area is 173 Å². The van der Waals surface area contributed by atoms with E-state index in [0.717, 1.165) is 5.75 Å². The highest BCUT2D eigenvalue weighted by molar-refractivity contribution is 8.01. The molecule has 4 rings (SSSR count). The van der Waals surface area contributed by atoms with E-state index in [-0.39, 0.29) is 12.4 Å². The molecule has 0 radical (unpaired) electrons. The van der Waals surface area contributed by atoms with E-state index in [9.17, 15) is 0 Å². The topological polar surface area (TPSA) is 9.23 Å². The minimum Gasteiger partial charge on any atom is -1.00 e. The second-order valence-corrected chi connectivity index (χ2v) is 9.79. The molecule has 4 aromatic carbocycles. The Morgan fingerprint density at radius 3 is 1.29 bits per heavy atom. The highest BCUT2D eigenvalue weighted by Gasteiger charge is 2.47. The Kier molecular flexibility index (Phi) is 6.52. The first-order chi connectivity index (χ1) is 13.4. The van der Waals surface area contributed by atoms with Gasteiger partial charge in [-0.3, -0.25) is 0 Å². The molecule has 0 spiro atoms. The van der Waals surface area contributed by atoms with Crippen LogP contribution in [0.5, 0.6) is 5.75 Å². The molecule has 0 fully saturated rings. The molecule has 28 heavy (non-hydrogen) atoms. The van der Waals surface area contributed by atoms with Crippen LogP contribution in [-0.2, 0) is 0 Å². The molecule has 0 amide bonds. The van der Waals surface area contributed by atoms with E-state index in [4.69, 9.17) is 4.74 Å². The minimum atomic E-state index is -2.03. The lowest BCUT2D eigenvalue weighted by molar-refractivity contribution is -0.00000548. The van der Waals surface area contributed by atoms with E-state index < -0.39 is 7.26 Å². The number of hydrogen-bond donors (Lipinski definition) is 0. The summed E-state index contributed by atoms with van der Waals surface area (Å²) in [5.74, 6) is 0.889. The predicted octanol–water partition coefficient (Wildman–Crippen LogP) is 1.32. The molecule has 0 heterocycles. The van der Waals surface area contributed by atoms with Crippen molar-refractivity contribution in [3.8, 4) is 5.75 Å². The fourth-order valence-corrected chi connectivity index (χ4v) is 7.95. The molecular formula is C25H22ClOP. The molecule has 0 saturated heterocycles. The third-order valence-corrected chi connectivity index (χ3v) is 9.14. The van der Waals surface area contributed by atoms with E-state index >= 15 is 0 Å². The maximum absolute atomic E-state index is 5.58. The zero-order chi connectivity index (χ0) is 18.5. The van der Waals surface area contributed by atoms with Gasteiger partial charge in [-0.1, -0.05) is 60.7 Å². The highest BCUT2D eigenvalue weighted by Crippen LogP contribution is 2.54. The lowest BCUT2D eigenvalue weighted by Gasteiger charge is -2.27. The molecule has 0 aliphatic carbocycles. The summed E-state index contributed by atoms with van der Waals surface area (Å²) < 4.78 is 5.58. The molecule has 3 heteroatoms. The molecule has 4 aromatic rings. The zero-order valence-corrected chi connectivity index (χ0v) is 17.4. The summed E-state index contributed by atoms with van der Waals surface area (Å²) in [5, 5.41) is 5.33. The van der Waals surface area contributed by atoms with Gasteiger partial charge in [0.15, 0.2) is 0 Å². The molecule has 0 atom stereocenters. The fraction of sp³-hybridized carbons (Fsp3) is 0.0400. The van der Waals surface area contributed by atoms with Crippen molar-refractivity contribution in [3.63, 3.8) is 0 Å². The Morgan fingerprint density at radius 1 is 0.500 bits per heavy atom. The monoisotopic (exact) mass is 404 g/mol. The van der Waals surface area contributed by atoms with Crippen molar-refractivity contribution in [2.24, 2.45) is 0 Å². The quantitative estimate of drug-likeness (QED) is 0.456. The summed E-state index contributed by atoms with van der Waals surface area (Å²) in [4.78, 5) is 0. The number of ether oxygens (including phenoxy) is 1. The van der Waals surface area contributed by atoms with Crippen LogP contribution in [0.2, 0.25) is 0 Å². The van der Waals surface area contributed by atoms with E-state index in [0.29, 0.717) is 0 Å². The first-order valence-electron chi connectivity index (χ1n) is 9.06. The average molecular weight is 405 g/mol. The van der Waals surface area contributed by atoms with E-state index in [1.165, 1.54) is 21.2 Å². The summed E-state index contributed by atoms with van der Waals surface area (Å²) in [6.07, 6.45) is 0. The highest BCUT2D eigenvalue weighted by atomic mass is 35.5. The van der Waals surface area contributed by atoms with Crippen molar-refractivity contribution in [1.29, 1.82) is 0 Å². The number of rotatable bonds is 5. The van der Waals surface area contributed by atoms with E-state index in [1.807, 2.05) is 6.07 Å². The molecule has 0 saturated carbocycles. The van der Waals surface area contributed by atoms with Crippen molar-refractivity contribution in [2.45, 2.75) is 0 Å². The van der Waals surface area contributed by atoms with Gasteiger partial charge < -0.3 is 17.1 Å². The standard InChI is InChI=1S/C25H22OP.ClH/c1-26-21-12-11-19-25(20-21)27(22-13-5-2-6-14-22,23-15-7-3-8-16-23)24-17-9-4-10-18-24;/h2-20H,1H3;1H/q+1;/p-1. The molecule has 0 unspecified atom stereocenters. The third-order valence-electron chi connectivity index (χ3n) is 4.87. The second-order valence-electron chi connectivity index (χ2n) is 6.38. The minimum absolute atomic E-state index is 0. The lowest BCUT2D eigenvalue weighted by Crippen LogP contribution is -3.00. The number of benzene rings is 4. The Balaban J connectivity index is 0.00000225. The largest absolute Gasteiger partial charge is 1.00 e. The van der Waals surface area contributed by atoms with Gasteiger partial charge in [0.1, 0.15) is 34.2 Å². The maximum atomic E-state index is 5.58. The van der Waals surface area contributed by atoms with Gasteiger partial charge in [0.25, 0.3) is 0 Å². The van der Waals surface area contributed by atoms with Gasteiger partial charge in [0.2, 0.25) is 0 Å². The van der Waals surface area contributed by atoms with Gasteiger partial charge in [-0.2, -0.15) is 0 Å². The smallest absolute Gasteiger partial charge is 0.144 e. The van der Waals surface area contributed by atoms with E-state index in [2.05, 4.69) is 109 Å². The van der Waals surface area contributed by atoms with Crippen molar-refractivity contribution in [3.05, 3.63) is 115 Å². The molecule has 140 valence electrons. The average Bonchev–Trinajstić information content (AvgIpc) is 2.77. The molecular weight excluding hydrogens is 383 g/mol. The van der Waals surface area contributed by atoms with Crippen molar-refractivity contribution in [1.82, 2.24) is 0 Å². The van der Waals surface area contributed by atoms with E-state index in [1.54, 1.807) is 7.11 Å². The number of hydrogen-bond acceptors (Lipinski definition) is 1. The van der Waals surface area contributed by atoms with Crippen LogP contribution in [0.15, 0.2) is 115 Å². The Hall–Kier alpha value is -2.60. The molecule has 0 bridgehead atoms. The third kappa shape index (κ3) is 3.56. The Morgan fingerprint density at radius 2 is 0.893 bits per heavy atom. The van der Waals surface area contributed by atoms with Crippen LogP contribution in [-0.4, -0.2) is 7.11 Å². The van der Waals surface area contributed by atoms with Crippen molar-refractivity contribution < 1.29 is 17.1 Å². The number of halogens is 1. The van der Waals surface area contributed by atoms with Crippen LogP contribution in [0, 0.1) is 0 Å². The number of methoxy groups -OCH3 is 1. The first kappa shape index (κ1) is 20.1. The van der Waals surface area contributed by atoms with Gasteiger partial charge in [-0.15, -0.1) is 0 Å². The first-order valence-corrected chi connectivity index (χ1v) is 10.8.